The van der Waals surface area contributed by atoms with Gasteiger partial charge in [-0.15, -0.1) is 0 Å². The van der Waals surface area contributed by atoms with Crippen LogP contribution in [0.5, 0.6) is 0 Å². The molecule has 0 unspecified atom stereocenters. The number of carbonyl (C=O) groups is 3. The summed E-state index contributed by atoms with van der Waals surface area (Å²) in [5.41, 5.74) is -1.12. The fourth-order valence-corrected chi connectivity index (χ4v) is 6.25. The molecule has 17 heteroatoms. The SMILES string of the molecule is Cn1c(-c2cn(CC#N)nc2C(F)(F)F)cnc1C(=O)Nc1ccc(C(=O)N[C@H]2[C@@H]3CN(C(=O)N[C@H]4CCNC4)C[C@@H]32)c(Cl)c1. The van der Waals surface area contributed by atoms with Crippen molar-refractivity contribution in [3.05, 3.63) is 52.7 Å². The Kier molecular flexibility index (Phi) is 7.91. The average Bonchev–Trinajstić information content (AvgIpc) is 3.59. The molecule has 6 rings (SSSR count). The summed E-state index contributed by atoms with van der Waals surface area (Å²) in [7, 11) is 1.38. The van der Waals surface area contributed by atoms with E-state index in [0.717, 1.165) is 36.6 Å². The number of piperidine rings is 1. The molecule has 0 bridgehead atoms. The third kappa shape index (κ3) is 6.05. The van der Waals surface area contributed by atoms with E-state index in [1.807, 2.05) is 0 Å². The van der Waals surface area contributed by atoms with Gasteiger partial charge in [0.15, 0.2) is 11.5 Å². The molecule has 2 aromatic heterocycles. The number of amides is 4. The third-order valence-electron chi connectivity index (χ3n) is 8.37. The Labute approximate surface area is 259 Å². The number of aromatic nitrogens is 4. The molecular formula is C28H28ClF3N10O3. The number of carbonyl (C=O) groups excluding carboxylic acids is 3. The first kappa shape index (κ1) is 30.4. The van der Waals surface area contributed by atoms with Crippen molar-refractivity contribution in [1.29, 1.82) is 5.26 Å². The van der Waals surface area contributed by atoms with Gasteiger partial charge in [-0.2, -0.15) is 23.5 Å². The largest absolute Gasteiger partial charge is 0.435 e. The van der Waals surface area contributed by atoms with Gasteiger partial charge in [0, 0.05) is 62.5 Å². The van der Waals surface area contributed by atoms with Crippen molar-refractivity contribution < 1.29 is 27.6 Å². The first-order valence-electron chi connectivity index (χ1n) is 14.2. The lowest BCUT2D eigenvalue weighted by atomic mass is 10.2. The maximum absolute atomic E-state index is 13.6. The molecular weight excluding hydrogens is 617 g/mol. The van der Waals surface area contributed by atoms with E-state index in [9.17, 15) is 27.6 Å². The van der Waals surface area contributed by atoms with Gasteiger partial charge in [0.2, 0.25) is 0 Å². The minimum atomic E-state index is -4.80. The number of urea groups is 1. The second-order valence-corrected chi connectivity index (χ2v) is 11.7. The van der Waals surface area contributed by atoms with Crippen LogP contribution < -0.4 is 21.3 Å². The quantitative estimate of drug-likeness (QED) is 0.307. The van der Waals surface area contributed by atoms with Crippen LogP contribution in [0.2, 0.25) is 5.02 Å². The minimum absolute atomic E-state index is 0.0265. The van der Waals surface area contributed by atoms with E-state index in [0.29, 0.717) is 13.1 Å². The van der Waals surface area contributed by atoms with Crippen LogP contribution in [-0.2, 0) is 19.8 Å². The Balaban J connectivity index is 1.06. The second kappa shape index (κ2) is 11.7. The molecule has 1 aromatic carbocycles. The Hall–Kier alpha value is -4.62. The molecule has 3 aromatic rings. The number of benzene rings is 1. The van der Waals surface area contributed by atoms with Crippen LogP contribution in [0, 0.1) is 23.2 Å². The van der Waals surface area contributed by atoms with E-state index in [1.54, 1.807) is 11.0 Å². The number of imidazole rings is 1. The molecule has 4 amide bonds. The van der Waals surface area contributed by atoms with E-state index in [-0.39, 0.29) is 75.8 Å². The van der Waals surface area contributed by atoms with Crippen LogP contribution >= 0.6 is 11.6 Å². The van der Waals surface area contributed by atoms with E-state index < -0.39 is 17.8 Å². The molecule has 2 saturated heterocycles. The predicted octanol–water partition coefficient (Wildman–Crippen LogP) is 2.46. The molecule has 4 heterocycles. The van der Waals surface area contributed by atoms with Crippen molar-refractivity contribution in [2.45, 2.75) is 31.2 Å². The topological polar surface area (TPSA) is 162 Å². The number of nitriles is 1. The van der Waals surface area contributed by atoms with E-state index in [2.05, 4.69) is 31.3 Å². The number of nitrogens with one attached hydrogen (secondary N) is 4. The van der Waals surface area contributed by atoms with Gasteiger partial charge in [-0.1, -0.05) is 11.6 Å². The Morgan fingerprint density at radius 1 is 1.18 bits per heavy atom. The number of anilines is 1. The van der Waals surface area contributed by atoms with Crippen molar-refractivity contribution in [3.8, 4) is 17.3 Å². The molecule has 1 saturated carbocycles. The maximum atomic E-state index is 13.6. The van der Waals surface area contributed by atoms with Crippen LogP contribution in [0.1, 0.15) is 33.1 Å². The van der Waals surface area contributed by atoms with Gasteiger partial charge in [0.05, 0.1) is 34.1 Å². The van der Waals surface area contributed by atoms with Crippen LogP contribution in [0.15, 0.2) is 30.6 Å². The second-order valence-electron chi connectivity index (χ2n) is 11.3. The summed E-state index contributed by atoms with van der Waals surface area (Å²) in [6.45, 7) is 2.40. The smallest absolute Gasteiger partial charge is 0.349 e. The summed E-state index contributed by atoms with van der Waals surface area (Å²) < 4.78 is 42.9. The number of nitrogens with zero attached hydrogens (tertiary/aromatic N) is 6. The van der Waals surface area contributed by atoms with Gasteiger partial charge >= 0.3 is 12.2 Å². The summed E-state index contributed by atoms with van der Waals surface area (Å²) in [4.78, 5) is 44.3. The number of alkyl halides is 3. The zero-order valence-electron chi connectivity index (χ0n) is 23.9. The normalized spacial score (nSPS) is 22.1. The molecule has 4 atom stereocenters. The van der Waals surface area contributed by atoms with Gasteiger partial charge < -0.3 is 30.7 Å². The molecule has 3 fully saturated rings. The molecule has 0 spiro atoms. The predicted molar refractivity (Wildman–Crippen MR) is 154 cm³/mol. The Morgan fingerprint density at radius 2 is 1.93 bits per heavy atom. The van der Waals surface area contributed by atoms with E-state index >= 15 is 0 Å². The fraction of sp³-hybridized carbons (Fsp3) is 0.429. The van der Waals surface area contributed by atoms with Gasteiger partial charge in [-0.25, -0.2) is 9.78 Å². The van der Waals surface area contributed by atoms with Crippen LogP contribution in [0.3, 0.4) is 0 Å². The molecule has 236 valence electrons. The maximum Gasteiger partial charge on any atom is 0.435 e. The van der Waals surface area contributed by atoms with Crippen molar-refractivity contribution in [2.75, 3.05) is 31.5 Å². The van der Waals surface area contributed by atoms with Crippen molar-refractivity contribution in [2.24, 2.45) is 18.9 Å². The minimum Gasteiger partial charge on any atom is -0.349 e. The van der Waals surface area contributed by atoms with Gasteiger partial charge in [-0.05, 0) is 31.2 Å². The zero-order chi connectivity index (χ0) is 32.0. The van der Waals surface area contributed by atoms with Crippen LogP contribution in [0.4, 0.5) is 23.7 Å². The summed E-state index contributed by atoms with van der Waals surface area (Å²) in [5, 5.41) is 24.2. The summed E-state index contributed by atoms with van der Waals surface area (Å²) in [6.07, 6.45) is -1.70. The fourth-order valence-electron chi connectivity index (χ4n) is 5.99. The molecule has 13 nitrogen and oxygen atoms in total. The Bertz CT molecular complexity index is 1700. The molecule has 4 N–H and O–H groups in total. The highest BCUT2D eigenvalue weighted by Crippen LogP contribution is 2.45. The molecule has 45 heavy (non-hydrogen) atoms. The zero-order valence-corrected chi connectivity index (χ0v) is 24.6. The molecule has 0 radical (unpaired) electrons. The summed E-state index contributed by atoms with van der Waals surface area (Å²) in [5.74, 6) is -0.939. The Morgan fingerprint density at radius 3 is 2.58 bits per heavy atom. The number of rotatable bonds is 7. The van der Waals surface area contributed by atoms with Gasteiger partial charge in [0.25, 0.3) is 11.8 Å². The first-order valence-corrected chi connectivity index (χ1v) is 14.5. The number of hydrogen-bond acceptors (Lipinski definition) is 7. The molecule has 3 aliphatic rings. The van der Waals surface area contributed by atoms with E-state index in [4.69, 9.17) is 16.9 Å². The number of likely N-dealkylation sites (tertiary alicyclic amines) is 1. The van der Waals surface area contributed by atoms with Crippen molar-refractivity contribution in [3.63, 3.8) is 0 Å². The number of halogens is 4. The van der Waals surface area contributed by atoms with E-state index in [1.165, 1.54) is 29.8 Å². The third-order valence-corrected chi connectivity index (χ3v) is 8.68. The highest BCUT2D eigenvalue weighted by Gasteiger charge is 2.57. The lowest BCUT2D eigenvalue weighted by Gasteiger charge is -2.23. The summed E-state index contributed by atoms with van der Waals surface area (Å²) >= 11 is 6.39. The average molecular weight is 645 g/mol. The van der Waals surface area contributed by atoms with Crippen LogP contribution in [0.25, 0.3) is 11.3 Å². The monoisotopic (exact) mass is 644 g/mol. The molecule has 1 aliphatic carbocycles. The van der Waals surface area contributed by atoms with Crippen LogP contribution in [-0.4, -0.2) is 80.3 Å². The molecule has 2 aliphatic heterocycles. The van der Waals surface area contributed by atoms with Crippen molar-refractivity contribution >= 4 is 35.1 Å². The number of hydrogen-bond donors (Lipinski definition) is 4. The number of fused-ring (bicyclic) bond motifs is 1. The summed E-state index contributed by atoms with van der Waals surface area (Å²) in [6, 6.07) is 6.07. The first-order chi connectivity index (χ1) is 21.4. The lowest BCUT2D eigenvalue weighted by molar-refractivity contribution is -0.141. The standard InChI is InChI=1S/C28H28ClF3N10O3/c1-40-21(19-13-42(7-5-33)39-23(19)28(30,31)32)10-35-24(40)26(44)36-14-2-3-16(20(29)8-14)25(43)38-22-17-11-41(12-18(17)22)27(45)37-15-4-6-34-9-15/h2-3,8,10,13,15,17-18,22,34H,4,6-7,9,11-12H2,1H3,(H,36,44)(H,37,45)(H,38,43)/t15-,17-,18+,22+/m0/s1. The highest BCUT2D eigenvalue weighted by atomic mass is 35.5. The van der Waals surface area contributed by atoms with Gasteiger partial charge in [0.1, 0.15) is 6.54 Å². The van der Waals surface area contributed by atoms with Crippen molar-refractivity contribution in [1.82, 2.24) is 40.2 Å². The van der Waals surface area contributed by atoms with Gasteiger partial charge in [-0.3, -0.25) is 14.3 Å². The highest BCUT2D eigenvalue weighted by molar-refractivity contribution is 6.34. The lowest BCUT2D eigenvalue weighted by Crippen LogP contribution is -2.46.